The largest absolute Gasteiger partial charge is 0.466 e. The van der Waals surface area contributed by atoms with E-state index in [2.05, 4.69) is 18.7 Å². The molecule has 0 radical (unpaired) electrons. The van der Waals surface area contributed by atoms with Crippen LogP contribution in [-0.4, -0.2) is 12.6 Å². The molecule has 0 aliphatic heterocycles. The summed E-state index contributed by atoms with van der Waals surface area (Å²) in [6.07, 6.45) is 12.0. The fourth-order valence-corrected chi connectivity index (χ4v) is 1.21. The van der Waals surface area contributed by atoms with Crippen molar-refractivity contribution in [1.29, 1.82) is 0 Å². The summed E-state index contributed by atoms with van der Waals surface area (Å²) >= 11 is 0. The van der Waals surface area contributed by atoms with Gasteiger partial charge in [0.2, 0.25) is 0 Å². The molecule has 0 bridgehead atoms. The Balaban J connectivity index is 3.22. The zero-order chi connectivity index (χ0) is 11.4. The fourth-order valence-electron chi connectivity index (χ4n) is 1.21. The Labute approximate surface area is 93.0 Å². The van der Waals surface area contributed by atoms with Crippen LogP contribution in [0.2, 0.25) is 0 Å². The van der Waals surface area contributed by atoms with Crippen molar-refractivity contribution in [2.75, 3.05) is 6.61 Å². The van der Waals surface area contributed by atoms with E-state index in [1.54, 1.807) is 0 Å². The van der Waals surface area contributed by atoms with Gasteiger partial charge in [-0.05, 0) is 39.0 Å². The standard InChI is InChI=1S/C13H22O2/c1-3-5-6-7-8-9-10-11-12-13(14)15-4-2/h3,8-9H,1,4-7,10-12H2,2H3/b9-8+. The highest BCUT2D eigenvalue weighted by molar-refractivity contribution is 5.69. The van der Waals surface area contributed by atoms with E-state index in [1.807, 2.05) is 13.0 Å². The zero-order valence-corrected chi connectivity index (χ0v) is 9.71. The van der Waals surface area contributed by atoms with Gasteiger partial charge in [0.15, 0.2) is 0 Å². The number of allylic oxidation sites excluding steroid dienone is 3. The van der Waals surface area contributed by atoms with Crippen LogP contribution in [0.15, 0.2) is 24.8 Å². The fraction of sp³-hybridized carbons (Fsp3) is 0.615. The Bertz CT molecular complexity index is 195. The second kappa shape index (κ2) is 11.0. The Hall–Kier alpha value is -1.05. The third-order valence-electron chi connectivity index (χ3n) is 2.00. The van der Waals surface area contributed by atoms with E-state index in [1.165, 1.54) is 0 Å². The smallest absolute Gasteiger partial charge is 0.305 e. The number of carbonyl (C=O) groups is 1. The zero-order valence-electron chi connectivity index (χ0n) is 9.71. The van der Waals surface area contributed by atoms with Gasteiger partial charge in [0.25, 0.3) is 0 Å². The maximum atomic E-state index is 11.0. The molecule has 0 spiro atoms. The average Bonchev–Trinajstić information content (AvgIpc) is 2.22. The number of ether oxygens (including phenoxy) is 1. The van der Waals surface area contributed by atoms with Crippen LogP contribution >= 0.6 is 0 Å². The normalized spacial score (nSPS) is 10.5. The summed E-state index contributed by atoms with van der Waals surface area (Å²) in [6.45, 7) is 5.98. The molecule has 2 heteroatoms. The molecule has 0 aliphatic rings. The van der Waals surface area contributed by atoms with Gasteiger partial charge in [0, 0.05) is 6.42 Å². The lowest BCUT2D eigenvalue weighted by Gasteiger charge is -1.99. The van der Waals surface area contributed by atoms with E-state index in [-0.39, 0.29) is 5.97 Å². The molecule has 0 unspecified atom stereocenters. The van der Waals surface area contributed by atoms with Crippen LogP contribution in [0.5, 0.6) is 0 Å². The van der Waals surface area contributed by atoms with E-state index >= 15 is 0 Å². The van der Waals surface area contributed by atoms with Gasteiger partial charge in [0.05, 0.1) is 6.61 Å². The number of carbonyl (C=O) groups excluding carboxylic acids is 1. The quantitative estimate of drug-likeness (QED) is 0.330. The van der Waals surface area contributed by atoms with Gasteiger partial charge in [-0.2, -0.15) is 0 Å². The van der Waals surface area contributed by atoms with Crippen molar-refractivity contribution < 1.29 is 9.53 Å². The Kier molecular flexibility index (Phi) is 10.3. The highest BCUT2D eigenvalue weighted by Crippen LogP contribution is 2.02. The summed E-state index contributed by atoms with van der Waals surface area (Å²) in [5.41, 5.74) is 0. The minimum Gasteiger partial charge on any atom is -0.466 e. The summed E-state index contributed by atoms with van der Waals surface area (Å²) < 4.78 is 4.83. The van der Waals surface area contributed by atoms with Crippen LogP contribution in [0.3, 0.4) is 0 Å². The van der Waals surface area contributed by atoms with E-state index in [9.17, 15) is 4.79 Å². The van der Waals surface area contributed by atoms with Crippen molar-refractivity contribution in [2.45, 2.75) is 45.4 Å². The molecule has 0 amide bonds. The molecule has 15 heavy (non-hydrogen) atoms. The lowest BCUT2D eigenvalue weighted by Crippen LogP contribution is -2.02. The monoisotopic (exact) mass is 210 g/mol. The molecule has 0 saturated carbocycles. The second-order valence-corrected chi connectivity index (χ2v) is 3.39. The molecule has 0 heterocycles. The Morgan fingerprint density at radius 2 is 1.87 bits per heavy atom. The first kappa shape index (κ1) is 13.9. The van der Waals surface area contributed by atoms with E-state index < -0.39 is 0 Å². The van der Waals surface area contributed by atoms with Gasteiger partial charge in [-0.3, -0.25) is 4.79 Å². The molecular weight excluding hydrogens is 188 g/mol. The summed E-state index contributed by atoms with van der Waals surface area (Å²) in [4.78, 5) is 11.0. The van der Waals surface area contributed by atoms with Crippen LogP contribution in [0.1, 0.15) is 45.4 Å². The van der Waals surface area contributed by atoms with Gasteiger partial charge in [-0.1, -0.05) is 18.2 Å². The molecule has 2 nitrogen and oxygen atoms in total. The Morgan fingerprint density at radius 1 is 1.20 bits per heavy atom. The Morgan fingerprint density at radius 3 is 2.47 bits per heavy atom. The molecule has 0 rings (SSSR count). The van der Waals surface area contributed by atoms with Crippen molar-refractivity contribution in [3.63, 3.8) is 0 Å². The van der Waals surface area contributed by atoms with Crippen molar-refractivity contribution in [2.24, 2.45) is 0 Å². The molecule has 0 aromatic carbocycles. The third-order valence-corrected chi connectivity index (χ3v) is 2.00. The van der Waals surface area contributed by atoms with Crippen LogP contribution < -0.4 is 0 Å². The molecule has 86 valence electrons. The van der Waals surface area contributed by atoms with Crippen molar-refractivity contribution >= 4 is 5.97 Å². The number of hydrogen-bond donors (Lipinski definition) is 0. The summed E-state index contributed by atoms with van der Waals surface area (Å²) in [5.74, 6) is -0.0856. The first-order valence-corrected chi connectivity index (χ1v) is 5.72. The van der Waals surface area contributed by atoms with Gasteiger partial charge >= 0.3 is 5.97 Å². The first-order valence-electron chi connectivity index (χ1n) is 5.72. The van der Waals surface area contributed by atoms with Crippen LogP contribution in [0, 0.1) is 0 Å². The second-order valence-electron chi connectivity index (χ2n) is 3.39. The maximum Gasteiger partial charge on any atom is 0.305 e. The number of esters is 1. The van der Waals surface area contributed by atoms with Crippen LogP contribution in [0.25, 0.3) is 0 Å². The lowest BCUT2D eigenvalue weighted by molar-refractivity contribution is -0.143. The minimum atomic E-state index is -0.0856. The van der Waals surface area contributed by atoms with E-state index in [0.717, 1.165) is 32.1 Å². The minimum absolute atomic E-state index is 0.0856. The molecule has 0 aromatic rings. The van der Waals surface area contributed by atoms with Crippen LogP contribution in [0.4, 0.5) is 0 Å². The molecule has 0 aliphatic carbocycles. The number of unbranched alkanes of at least 4 members (excludes halogenated alkanes) is 3. The predicted octanol–water partition coefficient (Wildman–Crippen LogP) is 3.63. The molecular formula is C13H22O2. The molecule has 0 N–H and O–H groups in total. The van der Waals surface area contributed by atoms with Crippen molar-refractivity contribution in [1.82, 2.24) is 0 Å². The topological polar surface area (TPSA) is 26.3 Å². The van der Waals surface area contributed by atoms with Crippen molar-refractivity contribution in [3.8, 4) is 0 Å². The van der Waals surface area contributed by atoms with Crippen LogP contribution in [-0.2, 0) is 9.53 Å². The van der Waals surface area contributed by atoms with Crippen molar-refractivity contribution in [3.05, 3.63) is 24.8 Å². The summed E-state index contributed by atoms with van der Waals surface area (Å²) in [7, 11) is 0. The highest BCUT2D eigenvalue weighted by Gasteiger charge is 1.98. The number of hydrogen-bond acceptors (Lipinski definition) is 2. The molecule has 0 fully saturated rings. The highest BCUT2D eigenvalue weighted by atomic mass is 16.5. The van der Waals surface area contributed by atoms with Gasteiger partial charge in [-0.25, -0.2) is 0 Å². The first-order chi connectivity index (χ1) is 7.31. The third kappa shape index (κ3) is 10.9. The lowest BCUT2D eigenvalue weighted by atomic mass is 10.2. The van der Waals surface area contributed by atoms with Gasteiger partial charge in [-0.15, -0.1) is 6.58 Å². The van der Waals surface area contributed by atoms with Gasteiger partial charge < -0.3 is 4.74 Å². The SMILES string of the molecule is C=CCCC/C=C/CCCC(=O)OCC. The maximum absolute atomic E-state index is 11.0. The predicted molar refractivity (Wildman–Crippen MR) is 63.7 cm³/mol. The molecule has 0 aromatic heterocycles. The molecule has 0 atom stereocenters. The van der Waals surface area contributed by atoms with Gasteiger partial charge in [0.1, 0.15) is 0 Å². The summed E-state index contributed by atoms with van der Waals surface area (Å²) in [6, 6.07) is 0. The van der Waals surface area contributed by atoms with E-state index in [4.69, 9.17) is 4.74 Å². The number of rotatable bonds is 9. The van der Waals surface area contributed by atoms with E-state index in [0.29, 0.717) is 13.0 Å². The molecule has 0 saturated heterocycles. The summed E-state index contributed by atoms with van der Waals surface area (Å²) in [5, 5.41) is 0. The average molecular weight is 210 g/mol.